The maximum atomic E-state index is 12.9. The third-order valence-electron chi connectivity index (χ3n) is 3.72. The lowest BCUT2D eigenvalue weighted by molar-refractivity contribution is -0.115. The van der Waals surface area contributed by atoms with Crippen molar-refractivity contribution < 1.29 is 13.9 Å². The van der Waals surface area contributed by atoms with Crippen LogP contribution in [0, 0.1) is 5.82 Å². The predicted molar refractivity (Wildman–Crippen MR) is 90.6 cm³/mol. The number of benzene rings is 2. The quantitative estimate of drug-likeness (QED) is 0.783. The number of aromatic nitrogens is 1. The zero-order chi connectivity index (χ0) is 16.5. The number of rotatable bonds is 3. The fourth-order valence-electron chi connectivity index (χ4n) is 2.60. The minimum Gasteiger partial charge on any atom is -0.487 e. The van der Waals surface area contributed by atoms with Gasteiger partial charge in [0.05, 0.1) is 17.0 Å². The average Bonchev–Trinajstić information content (AvgIpc) is 2.99. The monoisotopic (exact) mass is 340 g/mol. The summed E-state index contributed by atoms with van der Waals surface area (Å²) in [7, 11) is 0. The number of nitrogens with one attached hydrogen (secondary N) is 1. The molecule has 1 aliphatic heterocycles. The molecule has 120 valence electrons. The second-order valence-corrected chi connectivity index (χ2v) is 6.51. The molecule has 2 aromatic carbocycles. The van der Waals surface area contributed by atoms with E-state index in [4.69, 9.17) is 4.74 Å². The molecular weight excluding hydrogens is 327 g/mol. The first-order chi connectivity index (χ1) is 11.7. The molecule has 0 atom stereocenters. The van der Waals surface area contributed by atoms with Gasteiger partial charge >= 0.3 is 0 Å². The van der Waals surface area contributed by atoms with Crippen LogP contribution >= 0.6 is 11.3 Å². The van der Waals surface area contributed by atoms with Crippen molar-refractivity contribution in [3.05, 3.63) is 64.8 Å². The average molecular weight is 340 g/mol. The van der Waals surface area contributed by atoms with Gasteiger partial charge in [0.1, 0.15) is 18.2 Å². The molecule has 24 heavy (non-hydrogen) atoms. The Balaban J connectivity index is 1.51. The van der Waals surface area contributed by atoms with Gasteiger partial charge in [0.2, 0.25) is 5.91 Å². The van der Waals surface area contributed by atoms with Crippen LogP contribution in [0.5, 0.6) is 5.75 Å². The molecule has 0 unspecified atom stereocenters. The Labute approximate surface area is 141 Å². The summed E-state index contributed by atoms with van der Waals surface area (Å²) in [4.78, 5) is 17.7. The molecule has 1 aromatic heterocycles. The molecule has 4 nitrogen and oxygen atoms in total. The highest BCUT2D eigenvalue weighted by molar-refractivity contribution is 7.16. The normalized spacial score (nSPS) is 12.0. The third kappa shape index (κ3) is 2.88. The van der Waals surface area contributed by atoms with Crippen LogP contribution < -0.4 is 10.1 Å². The van der Waals surface area contributed by atoms with Crippen molar-refractivity contribution in [3.8, 4) is 17.0 Å². The number of hydrogen-bond donors (Lipinski definition) is 1. The number of thiazole rings is 1. The molecule has 1 amide bonds. The van der Waals surface area contributed by atoms with Gasteiger partial charge in [0.25, 0.3) is 0 Å². The zero-order valence-corrected chi connectivity index (χ0v) is 13.4. The molecule has 3 aromatic rings. The maximum Gasteiger partial charge on any atom is 0.230 e. The summed E-state index contributed by atoms with van der Waals surface area (Å²) in [5.74, 6) is 0.312. The van der Waals surface area contributed by atoms with E-state index in [9.17, 15) is 9.18 Å². The van der Waals surface area contributed by atoms with Crippen LogP contribution in [0.1, 0.15) is 10.4 Å². The molecule has 2 heterocycles. The third-order valence-corrected chi connectivity index (χ3v) is 4.67. The molecule has 0 spiro atoms. The lowest BCUT2D eigenvalue weighted by Crippen LogP contribution is -2.14. The summed E-state index contributed by atoms with van der Waals surface area (Å²) in [6.07, 6.45) is 0.178. The van der Waals surface area contributed by atoms with E-state index in [2.05, 4.69) is 10.3 Å². The Kier molecular flexibility index (Phi) is 3.74. The summed E-state index contributed by atoms with van der Waals surface area (Å²) < 4.78 is 18.6. The second kappa shape index (κ2) is 6.05. The number of halogens is 1. The zero-order valence-electron chi connectivity index (χ0n) is 12.6. The SMILES string of the molecule is O=C(Cc1ccc(F)cc1)Nc1nc2c(s1)COc1ccccc1-2. The van der Waals surface area contributed by atoms with Gasteiger partial charge in [0.15, 0.2) is 5.13 Å². The Morgan fingerprint density at radius 3 is 2.83 bits per heavy atom. The van der Waals surface area contributed by atoms with Gasteiger partial charge in [-0.3, -0.25) is 4.79 Å². The molecule has 0 radical (unpaired) electrons. The fourth-order valence-corrected chi connectivity index (χ4v) is 3.50. The first-order valence-corrected chi connectivity index (χ1v) is 8.27. The van der Waals surface area contributed by atoms with Crippen molar-refractivity contribution in [1.82, 2.24) is 4.98 Å². The predicted octanol–water partition coefficient (Wildman–Crippen LogP) is 4.02. The Bertz CT molecular complexity index is 906. The van der Waals surface area contributed by atoms with E-state index in [1.54, 1.807) is 12.1 Å². The first kappa shape index (κ1) is 14.8. The number of nitrogens with zero attached hydrogens (tertiary/aromatic N) is 1. The molecule has 0 fully saturated rings. The summed E-state index contributed by atoms with van der Waals surface area (Å²) in [6, 6.07) is 13.6. The lowest BCUT2D eigenvalue weighted by Gasteiger charge is -2.15. The van der Waals surface area contributed by atoms with E-state index < -0.39 is 0 Å². The van der Waals surface area contributed by atoms with E-state index in [0.717, 1.165) is 27.4 Å². The summed E-state index contributed by atoms with van der Waals surface area (Å²) in [5.41, 5.74) is 2.55. The van der Waals surface area contributed by atoms with E-state index >= 15 is 0 Å². The Hall–Kier alpha value is -2.73. The molecule has 1 aliphatic rings. The number of carbonyl (C=O) groups excluding carboxylic acids is 1. The topological polar surface area (TPSA) is 51.2 Å². The van der Waals surface area contributed by atoms with Crippen molar-refractivity contribution in [2.75, 3.05) is 5.32 Å². The largest absolute Gasteiger partial charge is 0.487 e. The van der Waals surface area contributed by atoms with Crippen LogP contribution in [0.3, 0.4) is 0 Å². The lowest BCUT2D eigenvalue weighted by atomic mass is 10.1. The highest BCUT2D eigenvalue weighted by Crippen LogP contribution is 2.40. The van der Waals surface area contributed by atoms with Crippen LogP contribution in [-0.2, 0) is 17.8 Å². The summed E-state index contributed by atoms with van der Waals surface area (Å²) >= 11 is 1.41. The highest BCUT2D eigenvalue weighted by Gasteiger charge is 2.22. The minimum atomic E-state index is -0.314. The maximum absolute atomic E-state index is 12.9. The van der Waals surface area contributed by atoms with Crippen LogP contribution in [0.4, 0.5) is 9.52 Å². The number of ether oxygens (including phenoxy) is 1. The van der Waals surface area contributed by atoms with Crippen molar-refractivity contribution in [2.24, 2.45) is 0 Å². The van der Waals surface area contributed by atoms with Crippen LogP contribution in [0.25, 0.3) is 11.3 Å². The molecule has 0 saturated carbocycles. The summed E-state index contributed by atoms with van der Waals surface area (Å²) in [6.45, 7) is 0.456. The van der Waals surface area contributed by atoms with Gasteiger partial charge in [-0.15, -0.1) is 0 Å². The van der Waals surface area contributed by atoms with Gasteiger partial charge in [0, 0.05) is 5.56 Å². The number of anilines is 1. The molecule has 0 aliphatic carbocycles. The molecule has 0 saturated heterocycles. The highest BCUT2D eigenvalue weighted by atomic mass is 32.1. The number of hydrogen-bond acceptors (Lipinski definition) is 4. The van der Waals surface area contributed by atoms with Crippen molar-refractivity contribution >= 4 is 22.4 Å². The number of amides is 1. The van der Waals surface area contributed by atoms with Gasteiger partial charge in [-0.1, -0.05) is 35.6 Å². The van der Waals surface area contributed by atoms with Crippen LogP contribution in [0.15, 0.2) is 48.5 Å². The van der Waals surface area contributed by atoms with E-state index in [-0.39, 0.29) is 18.1 Å². The molecule has 6 heteroatoms. The minimum absolute atomic E-state index is 0.178. The van der Waals surface area contributed by atoms with E-state index in [1.807, 2.05) is 24.3 Å². The van der Waals surface area contributed by atoms with Gasteiger partial charge in [-0.2, -0.15) is 0 Å². The van der Waals surface area contributed by atoms with Crippen molar-refractivity contribution in [2.45, 2.75) is 13.0 Å². The van der Waals surface area contributed by atoms with E-state index in [1.165, 1.54) is 23.5 Å². The van der Waals surface area contributed by atoms with Crippen LogP contribution in [-0.4, -0.2) is 10.9 Å². The number of carbonyl (C=O) groups is 1. The van der Waals surface area contributed by atoms with Crippen molar-refractivity contribution in [3.63, 3.8) is 0 Å². The standard InChI is InChI=1S/C18H13FN2O2S/c19-12-7-5-11(6-8-12)9-16(22)20-18-21-17-13-3-1-2-4-14(13)23-10-15(17)24-18/h1-8H,9-10H2,(H,20,21,22). The molecule has 1 N–H and O–H groups in total. The smallest absolute Gasteiger partial charge is 0.230 e. The van der Waals surface area contributed by atoms with Crippen molar-refractivity contribution in [1.29, 1.82) is 0 Å². The van der Waals surface area contributed by atoms with Gasteiger partial charge in [-0.05, 0) is 29.8 Å². The fraction of sp³-hybridized carbons (Fsp3) is 0.111. The number of fused-ring (bicyclic) bond motifs is 3. The molecule has 0 bridgehead atoms. The Morgan fingerprint density at radius 2 is 2.00 bits per heavy atom. The van der Waals surface area contributed by atoms with Crippen LogP contribution in [0.2, 0.25) is 0 Å². The first-order valence-electron chi connectivity index (χ1n) is 7.45. The summed E-state index contributed by atoms with van der Waals surface area (Å²) in [5, 5.41) is 3.36. The molecule has 4 rings (SSSR count). The second-order valence-electron chi connectivity index (χ2n) is 5.43. The van der Waals surface area contributed by atoms with Gasteiger partial charge < -0.3 is 10.1 Å². The van der Waals surface area contributed by atoms with Gasteiger partial charge in [-0.25, -0.2) is 9.37 Å². The number of para-hydroxylation sites is 1. The Morgan fingerprint density at radius 1 is 1.21 bits per heavy atom. The molecular formula is C18H13FN2O2S. The van der Waals surface area contributed by atoms with E-state index in [0.29, 0.717) is 11.7 Å².